The Balaban J connectivity index is 4.83. The molecular formula is C8H12F2O2. The molecule has 0 aliphatic carbocycles. The molecule has 0 spiro atoms. The average Bonchev–Trinajstić information content (AvgIpc) is 2.02. The van der Waals surface area contributed by atoms with Crippen LogP contribution in [0.2, 0.25) is 0 Å². The van der Waals surface area contributed by atoms with Gasteiger partial charge in [-0.15, -0.1) is 6.58 Å². The van der Waals surface area contributed by atoms with Crippen molar-refractivity contribution >= 4 is 5.97 Å². The summed E-state index contributed by atoms with van der Waals surface area (Å²) in [6.45, 7) is 5.67. The van der Waals surface area contributed by atoms with E-state index in [2.05, 4.69) is 11.3 Å². The molecule has 0 aromatic heterocycles. The number of carbonyl (C=O) groups excluding carboxylic acids is 1. The summed E-state index contributed by atoms with van der Waals surface area (Å²) in [6.07, 6.45) is 1.03. The molecule has 4 heteroatoms. The molecule has 0 aromatic rings. The van der Waals surface area contributed by atoms with E-state index in [1.165, 1.54) is 13.8 Å². The lowest BCUT2D eigenvalue weighted by atomic mass is 9.86. The topological polar surface area (TPSA) is 26.3 Å². The Morgan fingerprint density at radius 3 is 2.17 bits per heavy atom. The van der Waals surface area contributed by atoms with Crippen molar-refractivity contribution < 1.29 is 18.3 Å². The first-order chi connectivity index (χ1) is 5.29. The lowest BCUT2D eigenvalue weighted by Gasteiger charge is -2.28. The van der Waals surface area contributed by atoms with Crippen LogP contribution in [0, 0.1) is 5.41 Å². The number of halogens is 2. The van der Waals surface area contributed by atoms with E-state index in [0.29, 0.717) is 0 Å². The Kier molecular flexibility index (Phi) is 2.96. The number of allylic oxidation sites excluding steroid dienone is 1. The summed E-state index contributed by atoms with van der Waals surface area (Å²) >= 11 is 0. The van der Waals surface area contributed by atoms with E-state index in [1.807, 2.05) is 0 Å². The zero-order valence-corrected chi connectivity index (χ0v) is 7.36. The quantitative estimate of drug-likeness (QED) is 0.488. The van der Waals surface area contributed by atoms with Gasteiger partial charge in [-0.1, -0.05) is 6.08 Å². The van der Waals surface area contributed by atoms with E-state index in [4.69, 9.17) is 0 Å². The molecular weight excluding hydrogens is 166 g/mol. The summed E-state index contributed by atoms with van der Waals surface area (Å²) in [7, 11) is 0.926. The van der Waals surface area contributed by atoms with E-state index in [9.17, 15) is 13.6 Å². The summed E-state index contributed by atoms with van der Waals surface area (Å²) in [5.74, 6) is -5.06. The molecule has 0 bridgehead atoms. The SMILES string of the molecule is C=CC(C)(C)C(F)(F)C(=O)OC. The van der Waals surface area contributed by atoms with Crippen molar-refractivity contribution in [3.05, 3.63) is 12.7 Å². The fourth-order valence-corrected chi connectivity index (χ4v) is 0.519. The van der Waals surface area contributed by atoms with Crippen molar-refractivity contribution in [1.82, 2.24) is 0 Å². The van der Waals surface area contributed by atoms with E-state index in [1.54, 1.807) is 0 Å². The number of hydrogen-bond acceptors (Lipinski definition) is 2. The van der Waals surface area contributed by atoms with Gasteiger partial charge in [0.15, 0.2) is 0 Å². The number of alkyl halides is 2. The van der Waals surface area contributed by atoms with Gasteiger partial charge in [-0.2, -0.15) is 8.78 Å². The molecule has 0 aliphatic rings. The maximum atomic E-state index is 13.0. The van der Waals surface area contributed by atoms with Crippen molar-refractivity contribution in [2.24, 2.45) is 5.41 Å². The van der Waals surface area contributed by atoms with Crippen LogP contribution >= 0.6 is 0 Å². The van der Waals surface area contributed by atoms with Crippen LogP contribution in [0.3, 0.4) is 0 Å². The van der Waals surface area contributed by atoms with Crippen LogP contribution in [0.15, 0.2) is 12.7 Å². The van der Waals surface area contributed by atoms with Crippen molar-refractivity contribution in [1.29, 1.82) is 0 Å². The zero-order valence-electron chi connectivity index (χ0n) is 7.36. The van der Waals surface area contributed by atoms with Crippen LogP contribution in [-0.2, 0) is 9.53 Å². The summed E-state index contributed by atoms with van der Waals surface area (Å²) in [6, 6.07) is 0. The fraction of sp³-hybridized carbons (Fsp3) is 0.625. The molecule has 0 unspecified atom stereocenters. The number of ether oxygens (including phenoxy) is 1. The molecule has 0 fully saturated rings. The third-order valence-electron chi connectivity index (χ3n) is 1.76. The number of rotatable bonds is 3. The lowest BCUT2D eigenvalue weighted by molar-refractivity contribution is -0.182. The largest absolute Gasteiger partial charge is 0.465 e. The molecule has 0 amide bonds. The molecule has 70 valence electrons. The van der Waals surface area contributed by atoms with Gasteiger partial charge in [0.1, 0.15) is 0 Å². The molecule has 0 rings (SSSR count). The Hall–Kier alpha value is -0.930. The minimum Gasteiger partial charge on any atom is -0.465 e. The maximum Gasteiger partial charge on any atom is 0.377 e. The van der Waals surface area contributed by atoms with E-state index >= 15 is 0 Å². The van der Waals surface area contributed by atoms with Crippen LogP contribution in [0.4, 0.5) is 8.78 Å². The van der Waals surface area contributed by atoms with Gasteiger partial charge in [-0.25, -0.2) is 4.79 Å². The zero-order chi connectivity index (χ0) is 9.99. The first kappa shape index (κ1) is 11.1. The second-order valence-corrected chi connectivity index (χ2v) is 2.99. The summed E-state index contributed by atoms with van der Waals surface area (Å²) in [5, 5.41) is 0. The first-order valence-electron chi connectivity index (χ1n) is 3.39. The van der Waals surface area contributed by atoms with Crippen molar-refractivity contribution in [2.75, 3.05) is 7.11 Å². The molecule has 0 aromatic carbocycles. The molecule has 0 saturated carbocycles. The summed E-state index contributed by atoms with van der Waals surface area (Å²) < 4.78 is 30.1. The van der Waals surface area contributed by atoms with Gasteiger partial charge >= 0.3 is 11.9 Å². The normalized spacial score (nSPS) is 12.4. The number of methoxy groups -OCH3 is 1. The van der Waals surface area contributed by atoms with Crippen LogP contribution in [0.25, 0.3) is 0 Å². The van der Waals surface area contributed by atoms with Crippen LogP contribution in [-0.4, -0.2) is 19.0 Å². The van der Waals surface area contributed by atoms with E-state index in [0.717, 1.165) is 13.2 Å². The molecule has 0 heterocycles. The molecule has 0 radical (unpaired) electrons. The second kappa shape index (κ2) is 3.21. The Labute approximate surface area is 70.2 Å². The van der Waals surface area contributed by atoms with Gasteiger partial charge in [0.2, 0.25) is 0 Å². The van der Waals surface area contributed by atoms with Crippen molar-refractivity contribution in [2.45, 2.75) is 19.8 Å². The maximum absolute atomic E-state index is 13.0. The van der Waals surface area contributed by atoms with Gasteiger partial charge in [0.05, 0.1) is 12.5 Å². The molecule has 0 N–H and O–H groups in total. The number of hydrogen-bond donors (Lipinski definition) is 0. The number of carbonyl (C=O) groups is 1. The van der Waals surface area contributed by atoms with Gasteiger partial charge in [-0.05, 0) is 13.8 Å². The first-order valence-corrected chi connectivity index (χ1v) is 3.39. The molecule has 12 heavy (non-hydrogen) atoms. The highest BCUT2D eigenvalue weighted by Crippen LogP contribution is 2.37. The minimum absolute atomic E-state index is 0.926. The Bertz CT molecular complexity index is 197. The average molecular weight is 178 g/mol. The predicted molar refractivity (Wildman–Crippen MR) is 40.9 cm³/mol. The highest BCUT2D eigenvalue weighted by molar-refractivity contribution is 5.78. The Morgan fingerprint density at radius 2 is 1.92 bits per heavy atom. The lowest BCUT2D eigenvalue weighted by Crippen LogP contribution is -2.43. The second-order valence-electron chi connectivity index (χ2n) is 2.99. The van der Waals surface area contributed by atoms with Gasteiger partial charge in [0.25, 0.3) is 0 Å². The molecule has 0 saturated heterocycles. The molecule has 0 atom stereocenters. The third-order valence-corrected chi connectivity index (χ3v) is 1.76. The summed E-state index contributed by atoms with van der Waals surface area (Å²) in [5.41, 5.74) is -1.58. The minimum atomic E-state index is -3.52. The smallest absolute Gasteiger partial charge is 0.377 e. The highest BCUT2D eigenvalue weighted by atomic mass is 19.3. The van der Waals surface area contributed by atoms with Gasteiger partial charge < -0.3 is 4.74 Å². The highest BCUT2D eigenvalue weighted by Gasteiger charge is 2.52. The monoisotopic (exact) mass is 178 g/mol. The van der Waals surface area contributed by atoms with E-state index in [-0.39, 0.29) is 0 Å². The van der Waals surface area contributed by atoms with Gasteiger partial charge in [-0.3, -0.25) is 0 Å². The Morgan fingerprint density at radius 1 is 1.50 bits per heavy atom. The fourth-order valence-electron chi connectivity index (χ4n) is 0.519. The standard InChI is InChI=1S/C8H12F2O2/c1-5-7(2,3)8(9,10)6(11)12-4/h5H,1H2,2-4H3. The van der Waals surface area contributed by atoms with Crippen LogP contribution in [0.1, 0.15) is 13.8 Å². The van der Waals surface area contributed by atoms with Gasteiger partial charge in [0, 0.05) is 0 Å². The third kappa shape index (κ3) is 1.62. The van der Waals surface area contributed by atoms with E-state index < -0.39 is 17.3 Å². The van der Waals surface area contributed by atoms with Crippen molar-refractivity contribution in [3.63, 3.8) is 0 Å². The molecule has 0 aliphatic heterocycles. The van der Waals surface area contributed by atoms with Crippen LogP contribution < -0.4 is 0 Å². The van der Waals surface area contributed by atoms with Crippen LogP contribution in [0.5, 0.6) is 0 Å². The number of esters is 1. The predicted octanol–water partition coefficient (Wildman–Crippen LogP) is 2.01. The molecule has 2 nitrogen and oxygen atoms in total. The van der Waals surface area contributed by atoms with Crippen molar-refractivity contribution in [3.8, 4) is 0 Å². The summed E-state index contributed by atoms with van der Waals surface area (Å²) in [4.78, 5) is 10.6.